The summed E-state index contributed by atoms with van der Waals surface area (Å²) in [7, 11) is 0. The Balaban J connectivity index is 1.33. The number of carbonyl (C=O) groups excluding carboxylic acids is 1. The van der Waals surface area contributed by atoms with Gasteiger partial charge in [-0.05, 0) is 86.4 Å². The van der Waals surface area contributed by atoms with E-state index in [1.54, 1.807) is 24.3 Å². The van der Waals surface area contributed by atoms with Crippen LogP contribution in [0.4, 0.5) is 0 Å². The molecule has 0 bridgehead atoms. The second-order valence-corrected chi connectivity index (χ2v) is 9.39. The molecule has 4 rings (SSSR count). The van der Waals surface area contributed by atoms with E-state index >= 15 is 0 Å². The molecule has 3 N–H and O–H groups in total. The molecule has 1 heterocycles. The Morgan fingerprint density at radius 1 is 1.12 bits per heavy atom. The number of amides is 1. The van der Waals surface area contributed by atoms with Crippen LogP contribution in [0, 0.1) is 0 Å². The van der Waals surface area contributed by atoms with E-state index in [0.29, 0.717) is 6.54 Å². The lowest BCUT2D eigenvalue weighted by molar-refractivity contribution is -0.134. The van der Waals surface area contributed by atoms with Crippen molar-refractivity contribution in [2.45, 2.75) is 57.1 Å². The van der Waals surface area contributed by atoms with Crippen LogP contribution in [0.15, 0.2) is 42.5 Å². The number of ether oxygens (including phenoxy) is 1. The van der Waals surface area contributed by atoms with Gasteiger partial charge in [0, 0.05) is 25.2 Å². The number of likely N-dealkylation sites (tertiary alicyclic amines) is 1. The van der Waals surface area contributed by atoms with Gasteiger partial charge in [0.1, 0.15) is 11.5 Å². The van der Waals surface area contributed by atoms with Crippen LogP contribution in [0.2, 0.25) is 0 Å². The molecule has 2 atom stereocenters. The number of benzene rings is 2. The average molecular weight is 439 g/mol. The number of fused-ring (bicyclic) bond motifs is 1. The highest BCUT2D eigenvalue weighted by molar-refractivity contribution is 5.77. The summed E-state index contributed by atoms with van der Waals surface area (Å²) in [4.78, 5) is 14.3. The van der Waals surface area contributed by atoms with Crippen LogP contribution < -0.4 is 10.1 Å². The Morgan fingerprint density at radius 2 is 1.88 bits per heavy atom. The summed E-state index contributed by atoms with van der Waals surface area (Å²) in [6, 6.07) is 12.8. The van der Waals surface area contributed by atoms with Crippen LogP contribution in [0.1, 0.15) is 55.4 Å². The van der Waals surface area contributed by atoms with E-state index in [2.05, 4.69) is 24.4 Å². The van der Waals surface area contributed by atoms with E-state index in [0.717, 1.165) is 56.5 Å². The van der Waals surface area contributed by atoms with Crippen LogP contribution in [0.5, 0.6) is 11.5 Å². The van der Waals surface area contributed by atoms with Crippen LogP contribution in [-0.2, 0) is 17.6 Å². The van der Waals surface area contributed by atoms with Crippen molar-refractivity contribution in [3.05, 3.63) is 59.2 Å². The molecule has 1 aliphatic heterocycles. The van der Waals surface area contributed by atoms with Crippen molar-refractivity contribution in [3.63, 3.8) is 0 Å². The van der Waals surface area contributed by atoms with Gasteiger partial charge < -0.3 is 25.2 Å². The van der Waals surface area contributed by atoms with Crippen LogP contribution in [-0.4, -0.2) is 52.8 Å². The third-order valence-corrected chi connectivity index (χ3v) is 6.78. The first-order valence-corrected chi connectivity index (χ1v) is 11.7. The number of carbonyl (C=O) groups is 1. The molecular formula is C26H34N2O4. The Labute approximate surface area is 190 Å². The van der Waals surface area contributed by atoms with Gasteiger partial charge >= 0.3 is 0 Å². The highest BCUT2D eigenvalue weighted by Gasteiger charge is 2.30. The normalized spacial score (nSPS) is 21.6. The predicted octanol–water partition coefficient (Wildman–Crippen LogP) is 3.35. The number of piperidine rings is 1. The van der Waals surface area contributed by atoms with Gasteiger partial charge in [-0.25, -0.2) is 0 Å². The van der Waals surface area contributed by atoms with E-state index in [9.17, 15) is 15.0 Å². The van der Waals surface area contributed by atoms with Crippen molar-refractivity contribution in [2.75, 3.05) is 26.2 Å². The molecule has 1 unspecified atom stereocenters. The molecule has 32 heavy (non-hydrogen) atoms. The average Bonchev–Trinajstić information content (AvgIpc) is 2.82. The summed E-state index contributed by atoms with van der Waals surface area (Å²) in [5, 5.41) is 23.5. The molecule has 1 amide bonds. The Kier molecular flexibility index (Phi) is 7.01. The van der Waals surface area contributed by atoms with Gasteiger partial charge in [-0.3, -0.25) is 4.79 Å². The number of aliphatic hydroxyl groups is 1. The minimum Gasteiger partial charge on any atom is -0.508 e. The lowest BCUT2D eigenvalue weighted by Crippen LogP contribution is -2.48. The number of aromatic hydroxyl groups is 1. The second-order valence-electron chi connectivity index (χ2n) is 9.39. The standard InChI is InChI=1S/C26H34N2O4/c1-26(27-17-24(30)20-5-8-22(29)9-6-20)12-11-19-7-10-23(15-21(19)16-26)32-18-25(31)28-13-3-2-4-14-28/h5-10,15,24,27,29-30H,2-4,11-14,16-18H2,1H3/t24?,26-/m1/s1. The van der Waals surface area contributed by atoms with E-state index in [-0.39, 0.29) is 23.8 Å². The molecule has 6 heteroatoms. The molecule has 2 aromatic rings. The first kappa shape index (κ1) is 22.6. The topological polar surface area (TPSA) is 82.0 Å². The molecule has 6 nitrogen and oxygen atoms in total. The van der Waals surface area contributed by atoms with Crippen molar-refractivity contribution >= 4 is 5.91 Å². The van der Waals surface area contributed by atoms with E-state index in [1.807, 2.05) is 11.0 Å². The van der Waals surface area contributed by atoms with E-state index < -0.39 is 6.10 Å². The molecule has 1 aliphatic carbocycles. The highest BCUT2D eigenvalue weighted by atomic mass is 16.5. The molecule has 0 saturated carbocycles. The van der Waals surface area contributed by atoms with Crippen molar-refractivity contribution in [3.8, 4) is 11.5 Å². The summed E-state index contributed by atoms with van der Waals surface area (Å²) in [6.45, 7) is 4.40. The monoisotopic (exact) mass is 438 g/mol. The summed E-state index contributed by atoms with van der Waals surface area (Å²) in [5.74, 6) is 1.00. The molecule has 1 fully saturated rings. The number of hydrogen-bond donors (Lipinski definition) is 3. The second kappa shape index (κ2) is 9.92. The maximum atomic E-state index is 12.4. The van der Waals surface area contributed by atoms with Gasteiger partial charge in [0.2, 0.25) is 0 Å². The minimum atomic E-state index is -0.635. The molecule has 0 aromatic heterocycles. The molecule has 2 aromatic carbocycles. The van der Waals surface area contributed by atoms with Gasteiger partial charge in [0.15, 0.2) is 6.61 Å². The number of aliphatic hydroxyl groups excluding tert-OH is 1. The number of phenolic OH excluding ortho intramolecular Hbond substituents is 1. The minimum absolute atomic E-state index is 0.0668. The maximum Gasteiger partial charge on any atom is 0.260 e. The SMILES string of the molecule is C[C@@]1(NCC(O)c2ccc(O)cc2)CCc2ccc(OCC(=O)N3CCCCC3)cc2C1. The Bertz CT molecular complexity index is 924. The third kappa shape index (κ3) is 5.61. The molecule has 1 saturated heterocycles. The van der Waals surface area contributed by atoms with Crippen molar-refractivity contribution in [1.82, 2.24) is 10.2 Å². The fraction of sp³-hybridized carbons (Fsp3) is 0.500. The first-order valence-electron chi connectivity index (χ1n) is 11.7. The molecule has 0 spiro atoms. The number of aryl methyl sites for hydroxylation is 1. The zero-order chi connectivity index (χ0) is 22.6. The van der Waals surface area contributed by atoms with E-state index in [4.69, 9.17) is 4.74 Å². The van der Waals surface area contributed by atoms with Crippen LogP contribution >= 0.6 is 0 Å². The van der Waals surface area contributed by atoms with Crippen LogP contribution in [0.3, 0.4) is 0 Å². The fourth-order valence-corrected chi connectivity index (χ4v) is 4.71. The number of hydrogen-bond acceptors (Lipinski definition) is 5. The van der Waals surface area contributed by atoms with E-state index in [1.165, 1.54) is 17.5 Å². The number of rotatable bonds is 7. The predicted molar refractivity (Wildman–Crippen MR) is 124 cm³/mol. The summed E-state index contributed by atoms with van der Waals surface area (Å²) in [6.07, 6.45) is 5.51. The summed E-state index contributed by atoms with van der Waals surface area (Å²) in [5.41, 5.74) is 3.20. The quantitative estimate of drug-likeness (QED) is 0.618. The number of nitrogens with one attached hydrogen (secondary N) is 1. The van der Waals surface area contributed by atoms with Gasteiger partial charge in [0.05, 0.1) is 6.10 Å². The van der Waals surface area contributed by atoms with Crippen molar-refractivity contribution in [1.29, 1.82) is 0 Å². The molecule has 0 radical (unpaired) electrons. The summed E-state index contributed by atoms with van der Waals surface area (Å²) >= 11 is 0. The summed E-state index contributed by atoms with van der Waals surface area (Å²) < 4.78 is 5.85. The molecule has 2 aliphatic rings. The number of phenols is 1. The first-order chi connectivity index (χ1) is 15.4. The van der Waals surface area contributed by atoms with Crippen LogP contribution in [0.25, 0.3) is 0 Å². The zero-order valence-corrected chi connectivity index (χ0v) is 18.8. The largest absolute Gasteiger partial charge is 0.508 e. The molecule has 172 valence electrons. The third-order valence-electron chi connectivity index (χ3n) is 6.78. The van der Waals surface area contributed by atoms with Gasteiger partial charge in [-0.15, -0.1) is 0 Å². The number of β-amino-alcohol motifs (C(OH)–C–C–N with tert-alkyl or cyclic N) is 1. The van der Waals surface area contributed by atoms with Crippen molar-refractivity contribution < 1.29 is 19.7 Å². The lowest BCUT2D eigenvalue weighted by atomic mass is 9.79. The lowest BCUT2D eigenvalue weighted by Gasteiger charge is -2.37. The zero-order valence-electron chi connectivity index (χ0n) is 18.8. The maximum absolute atomic E-state index is 12.4. The number of nitrogens with zero attached hydrogens (tertiary/aromatic N) is 1. The Morgan fingerprint density at radius 3 is 2.62 bits per heavy atom. The van der Waals surface area contributed by atoms with Gasteiger partial charge in [-0.1, -0.05) is 18.2 Å². The fourth-order valence-electron chi connectivity index (χ4n) is 4.71. The Hall–Kier alpha value is -2.57. The van der Waals surface area contributed by atoms with Gasteiger partial charge in [0.25, 0.3) is 5.91 Å². The van der Waals surface area contributed by atoms with Crippen molar-refractivity contribution in [2.24, 2.45) is 0 Å². The smallest absolute Gasteiger partial charge is 0.260 e. The van der Waals surface area contributed by atoms with Gasteiger partial charge in [-0.2, -0.15) is 0 Å². The highest BCUT2D eigenvalue weighted by Crippen LogP contribution is 2.31. The molecular weight excluding hydrogens is 404 g/mol.